The van der Waals surface area contributed by atoms with Crippen LogP contribution >= 0.6 is 34.8 Å². The van der Waals surface area contributed by atoms with Crippen LogP contribution in [0.5, 0.6) is 0 Å². The van der Waals surface area contributed by atoms with Gasteiger partial charge in [0.15, 0.2) is 0 Å². The Labute approximate surface area is 286 Å². The first-order chi connectivity index (χ1) is 22.0. The molecule has 0 fully saturated rings. The van der Waals surface area contributed by atoms with Gasteiger partial charge in [-0.25, -0.2) is 8.42 Å². The van der Waals surface area contributed by atoms with Crippen LogP contribution in [0.15, 0.2) is 102 Å². The number of carbonyl (C=O) groups excluding carboxylic acids is 2. The van der Waals surface area contributed by atoms with Crippen molar-refractivity contribution in [2.75, 3.05) is 17.4 Å². The van der Waals surface area contributed by atoms with Crippen molar-refractivity contribution in [1.29, 1.82) is 0 Å². The van der Waals surface area contributed by atoms with Crippen LogP contribution in [0.3, 0.4) is 0 Å². The molecule has 1 N–H and O–H groups in total. The van der Waals surface area contributed by atoms with Gasteiger partial charge in [0.05, 0.1) is 10.6 Å². The highest BCUT2D eigenvalue weighted by molar-refractivity contribution is 7.92. The molecule has 1 atom stereocenters. The van der Waals surface area contributed by atoms with Gasteiger partial charge in [-0.05, 0) is 73.0 Å². The van der Waals surface area contributed by atoms with E-state index < -0.39 is 28.5 Å². The summed E-state index contributed by atoms with van der Waals surface area (Å²) in [5.74, 6) is -0.974. The zero-order valence-corrected chi connectivity index (χ0v) is 28.7. The first-order valence-electron chi connectivity index (χ1n) is 14.9. The van der Waals surface area contributed by atoms with Crippen molar-refractivity contribution in [3.63, 3.8) is 0 Å². The number of aryl methyl sites for hydroxylation is 1. The lowest BCUT2D eigenvalue weighted by Crippen LogP contribution is -2.53. The number of nitrogens with one attached hydrogen (secondary N) is 1. The van der Waals surface area contributed by atoms with Gasteiger partial charge in [-0.3, -0.25) is 13.9 Å². The van der Waals surface area contributed by atoms with Crippen LogP contribution in [-0.2, 0) is 32.6 Å². The Hall–Kier alpha value is -3.56. The lowest BCUT2D eigenvalue weighted by Gasteiger charge is -2.34. The lowest BCUT2D eigenvalue weighted by atomic mass is 10.0. The van der Waals surface area contributed by atoms with Crippen molar-refractivity contribution in [2.24, 2.45) is 0 Å². The zero-order valence-electron chi connectivity index (χ0n) is 25.6. The average molecular weight is 701 g/mol. The molecular formula is C35H36Cl3N3O4S. The molecule has 0 bridgehead atoms. The van der Waals surface area contributed by atoms with E-state index in [-0.39, 0.29) is 23.8 Å². The number of sulfonamides is 1. The number of unbranched alkanes of at least 4 members (excludes halogenated alkanes) is 1. The molecular weight excluding hydrogens is 665 g/mol. The molecule has 0 saturated heterocycles. The number of nitrogens with zero attached hydrogens (tertiary/aromatic N) is 2. The second-order valence-electron chi connectivity index (χ2n) is 10.9. The zero-order chi connectivity index (χ0) is 33.3. The maximum absolute atomic E-state index is 14.6. The third-order valence-electron chi connectivity index (χ3n) is 7.46. The number of hydrogen-bond acceptors (Lipinski definition) is 4. The summed E-state index contributed by atoms with van der Waals surface area (Å²) in [4.78, 5) is 29.8. The molecule has 11 heteroatoms. The maximum Gasteiger partial charge on any atom is 0.264 e. The number of anilines is 1. The number of rotatable bonds is 14. The van der Waals surface area contributed by atoms with E-state index in [4.69, 9.17) is 34.8 Å². The van der Waals surface area contributed by atoms with Crippen LogP contribution in [-0.4, -0.2) is 44.3 Å². The molecule has 0 aliphatic rings. The topological polar surface area (TPSA) is 86.8 Å². The monoisotopic (exact) mass is 699 g/mol. The van der Waals surface area contributed by atoms with Gasteiger partial charge < -0.3 is 10.2 Å². The van der Waals surface area contributed by atoms with Crippen LogP contribution in [0.1, 0.15) is 36.5 Å². The van der Waals surface area contributed by atoms with Gasteiger partial charge in [0.2, 0.25) is 11.8 Å². The largest absolute Gasteiger partial charge is 0.354 e. The number of amides is 2. The van der Waals surface area contributed by atoms with Crippen molar-refractivity contribution in [2.45, 2.75) is 50.6 Å². The molecule has 4 aromatic carbocycles. The van der Waals surface area contributed by atoms with E-state index in [0.717, 1.165) is 28.3 Å². The standard InChI is InChI=1S/C35H36Cl3N3O4S/c1-3-4-20-39-35(43)33(22-26-11-6-5-7-12-26)40(23-30-31(37)14-9-15-32(30)38)34(42)24-41(28-13-8-10-25(2)21-28)46(44,45)29-18-16-27(36)17-19-29/h5-19,21,33H,3-4,20,22-24H2,1-2H3,(H,39,43)/t33-/m1/s1. The number of carbonyl (C=O) groups is 2. The van der Waals surface area contributed by atoms with E-state index in [1.807, 2.05) is 50.2 Å². The summed E-state index contributed by atoms with van der Waals surface area (Å²) in [6.07, 6.45) is 1.81. The van der Waals surface area contributed by atoms with Gasteiger partial charge in [0, 0.05) is 40.1 Å². The normalized spacial score (nSPS) is 11.9. The van der Waals surface area contributed by atoms with E-state index >= 15 is 0 Å². The summed E-state index contributed by atoms with van der Waals surface area (Å²) in [6, 6.07) is 26.0. The molecule has 242 valence electrons. The van der Waals surface area contributed by atoms with Gasteiger partial charge in [-0.1, -0.05) is 96.7 Å². The molecule has 0 aliphatic heterocycles. The Kier molecular flexibility index (Phi) is 12.5. The molecule has 46 heavy (non-hydrogen) atoms. The fourth-order valence-electron chi connectivity index (χ4n) is 4.96. The molecule has 4 rings (SSSR count). The smallest absolute Gasteiger partial charge is 0.264 e. The van der Waals surface area contributed by atoms with E-state index in [0.29, 0.717) is 32.9 Å². The minimum Gasteiger partial charge on any atom is -0.354 e. The summed E-state index contributed by atoms with van der Waals surface area (Å²) >= 11 is 19.2. The lowest BCUT2D eigenvalue weighted by molar-refractivity contribution is -0.140. The first kappa shape index (κ1) is 35.3. The second kappa shape index (κ2) is 16.3. The predicted molar refractivity (Wildman–Crippen MR) is 186 cm³/mol. The Balaban J connectivity index is 1.82. The summed E-state index contributed by atoms with van der Waals surface area (Å²) < 4.78 is 29.3. The third kappa shape index (κ3) is 9.04. The summed E-state index contributed by atoms with van der Waals surface area (Å²) in [5.41, 5.74) is 2.37. The van der Waals surface area contributed by atoms with E-state index in [9.17, 15) is 18.0 Å². The fraction of sp³-hybridized carbons (Fsp3) is 0.257. The van der Waals surface area contributed by atoms with Crippen LogP contribution in [0, 0.1) is 6.92 Å². The molecule has 4 aromatic rings. The molecule has 2 amide bonds. The summed E-state index contributed by atoms with van der Waals surface area (Å²) in [5, 5.41) is 3.98. The van der Waals surface area contributed by atoms with Crippen molar-refractivity contribution in [3.8, 4) is 0 Å². The number of halogens is 3. The van der Waals surface area contributed by atoms with Gasteiger partial charge in [0.25, 0.3) is 10.0 Å². The molecule has 0 aromatic heterocycles. The van der Waals surface area contributed by atoms with Gasteiger partial charge >= 0.3 is 0 Å². The van der Waals surface area contributed by atoms with Crippen molar-refractivity contribution >= 4 is 62.3 Å². The Morgan fingerprint density at radius 3 is 2.13 bits per heavy atom. The highest BCUT2D eigenvalue weighted by Gasteiger charge is 2.35. The molecule has 7 nitrogen and oxygen atoms in total. The van der Waals surface area contributed by atoms with Crippen molar-refractivity contribution in [3.05, 3.63) is 129 Å². The van der Waals surface area contributed by atoms with Gasteiger partial charge in [0.1, 0.15) is 12.6 Å². The molecule has 0 unspecified atom stereocenters. The van der Waals surface area contributed by atoms with Crippen LogP contribution in [0.4, 0.5) is 5.69 Å². The van der Waals surface area contributed by atoms with E-state index in [2.05, 4.69) is 5.32 Å². The number of hydrogen-bond donors (Lipinski definition) is 1. The molecule has 0 heterocycles. The SMILES string of the molecule is CCCCNC(=O)[C@@H](Cc1ccccc1)N(Cc1c(Cl)cccc1Cl)C(=O)CN(c1cccc(C)c1)S(=O)(=O)c1ccc(Cl)cc1. The maximum atomic E-state index is 14.6. The highest BCUT2D eigenvalue weighted by atomic mass is 35.5. The quantitative estimate of drug-likeness (QED) is 0.137. The fourth-order valence-corrected chi connectivity index (χ4v) is 7.01. The minimum absolute atomic E-state index is 0.0370. The third-order valence-corrected chi connectivity index (χ3v) is 10.2. The number of benzene rings is 4. The molecule has 0 saturated carbocycles. The second-order valence-corrected chi connectivity index (χ2v) is 14.0. The van der Waals surface area contributed by atoms with E-state index in [1.54, 1.807) is 36.4 Å². The average Bonchev–Trinajstić information content (AvgIpc) is 3.03. The van der Waals surface area contributed by atoms with Gasteiger partial charge in [-0.15, -0.1) is 0 Å². The van der Waals surface area contributed by atoms with E-state index in [1.165, 1.54) is 29.2 Å². The minimum atomic E-state index is -4.25. The van der Waals surface area contributed by atoms with Crippen molar-refractivity contribution < 1.29 is 18.0 Å². The first-order valence-corrected chi connectivity index (χ1v) is 17.5. The summed E-state index contributed by atoms with van der Waals surface area (Å²) in [6.45, 7) is 3.56. The van der Waals surface area contributed by atoms with Crippen LogP contribution < -0.4 is 9.62 Å². The highest BCUT2D eigenvalue weighted by Crippen LogP contribution is 2.29. The van der Waals surface area contributed by atoms with Gasteiger partial charge in [-0.2, -0.15) is 0 Å². The van der Waals surface area contributed by atoms with Crippen LogP contribution in [0.2, 0.25) is 15.1 Å². The molecule has 0 aliphatic carbocycles. The summed E-state index contributed by atoms with van der Waals surface area (Å²) in [7, 11) is -4.25. The Bertz CT molecular complexity index is 1730. The Morgan fingerprint density at radius 1 is 0.848 bits per heavy atom. The molecule has 0 radical (unpaired) electrons. The van der Waals surface area contributed by atoms with Crippen LogP contribution in [0.25, 0.3) is 0 Å². The van der Waals surface area contributed by atoms with Crippen molar-refractivity contribution in [1.82, 2.24) is 10.2 Å². The predicted octanol–water partition coefficient (Wildman–Crippen LogP) is 7.71. The molecule has 0 spiro atoms. The Morgan fingerprint density at radius 2 is 1.50 bits per heavy atom.